The van der Waals surface area contributed by atoms with E-state index in [-0.39, 0.29) is 61.6 Å². The van der Waals surface area contributed by atoms with Crippen molar-refractivity contribution in [3.63, 3.8) is 0 Å². The summed E-state index contributed by atoms with van der Waals surface area (Å²) >= 11 is 0.936. The van der Waals surface area contributed by atoms with Crippen molar-refractivity contribution in [2.45, 2.75) is 43.5 Å². The van der Waals surface area contributed by atoms with Crippen LogP contribution in [0.3, 0.4) is 0 Å². The van der Waals surface area contributed by atoms with E-state index in [9.17, 15) is 13.6 Å². The molecule has 0 bridgehead atoms. The van der Waals surface area contributed by atoms with Crippen LogP contribution in [0.2, 0.25) is 0 Å². The summed E-state index contributed by atoms with van der Waals surface area (Å²) in [6, 6.07) is 5.64. The maximum Gasteiger partial charge on any atom is 0.320 e. The van der Waals surface area contributed by atoms with E-state index in [0.29, 0.717) is 38.0 Å². The molecule has 0 spiro atoms. The Morgan fingerprint density at radius 2 is 2.04 bits per heavy atom. The van der Waals surface area contributed by atoms with Crippen molar-refractivity contribution in [2.75, 3.05) is 38.5 Å². The minimum absolute atomic E-state index is 0.0580. The Bertz CT molecular complexity index is 1910. The number of alkyl halides is 1. The third-order valence-corrected chi connectivity index (χ3v) is 10.1. The van der Waals surface area contributed by atoms with Crippen molar-refractivity contribution >= 4 is 48.9 Å². The molecule has 45 heavy (non-hydrogen) atoms. The van der Waals surface area contributed by atoms with E-state index in [2.05, 4.69) is 26.3 Å². The number of thiophene rings is 1. The molecule has 2 N–H and O–H groups in total. The molecule has 0 radical (unpaired) electrons. The Balaban J connectivity index is 1.32. The molecule has 3 atom stereocenters. The highest BCUT2D eigenvalue weighted by molar-refractivity contribution is 7.23. The number of carbonyl (C=O) groups excluding carboxylic acids is 1. The van der Waals surface area contributed by atoms with Gasteiger partial charge in [-0.1, -0.05) is 18.7 Å². The van der Waals surface area contributed by atoms with Crippen molar-refractivity contribution in [3.8, 4) is 23.0 Å². The highest BCUT2D eigenvalue weighted by Gasteiger charge is 2.49. The van der Waals surface area contributed by atoms with Crippen molar-refractivity contribution in [1.82, 2.24) is 19.8 Å². The van der Waals surface area contributed by atoms with E-state index < -0.39 is 29.4 Å². The van der Waals surface area contributed by atoms with Crippen LogP contribution in [-0.4, -0.2) is 76.3 Å². The van der Waals surface area contributed by atoms with Gasteiger partial charge in [-0.2, -0.15) is 9.97 Å². The van der Waals surface area contributed by atoms with Crippen LogP contribution in [0.4, 0.5) is 23.9 Å². The Morgan fingerprint density at radius 1 is 1.22 bits per heavy atom. The molecule has 232 valence electrons. The predicted octanol–water partition coefficient (Wildman–Crippen LogP) is 6.04. The van der Waals surface area contributed by atoms with Crippen LogP contribution in [0.5, 0.6) is 11.9 Å². The van der Waals surface area contributed by atoms with Gasteiger partial charge in [0.1, 0.15) is 30.2 Å². The van der Waals surface area contributed by atoms with Crippen LogP contribution in [0, 0.1) is 18.2 Å². The minimum atomic E-state index is -0.951. The van der Waals surface area contributed by atoms with Gasteiger partial charge in [0, 0.05) is 36.9 Å². The van der Waals surface area contributed by atoms with Crippen LogP contribution in [0.15, 0.2) is 36.9 Å². The quantitative estimate of drug-likeness (QED) is 0.196. The third-order valence-electron chi connectivity index (χ3n) is 9.09. The van der Waals surface area contributed by atoms with Gasteiger partial charge in [0.25, 0.3) is 0 Å². The first kappa shape index (κ1) is 29.3. The number of nitrogens with zero attached hydrogens (tertiary/aromatic N) is 5. The third kappa shape index (κ3) is 4.92. The topological polar surface area (TPSA) is 98.2 Å². The second-order valence-electron chi connectivity index (χ2n) is 11.7. The van der Waals surface area contributed by atoms with Gasteiger partial charge in [0.15, 0.2) is 5.82 Å². The van der Waals surface area contributed by atoms with Gasteiger partial charge in [0.2, 0.25) is 17.5 Å². The molecule has 4 aromatic rings. The summed E-state index contributed by atoms with van der Waals surface area (Å²) in [4.78, 5) is 28.3. The number of likely N-dealkylation sites (tertiary alicyclic amines) is 1. The summed E-state index contributed by atoms with van der Waals surface area (Å²) in [5.41, 5.74) is 5.89. The number of benzene rings is 2. The summed E-state index contributed by atoms with van der Waals surface area (Å²) in [6.45, 7) is 13.2. The Morgan fingerprint density at radius 3 is 2.84 bits per heavy atom. The Labute approximate surface area is 260 Å². The fourth-order valence-electron chi connectivity index (χ4n) is 6.94. The number of halogens is 3. The number of ether oxygens (including phenoxy) is 2. The van der Waals surface area contributed by atoms with E-state index in [0.717, 1.165) is 30.7 Å². The van der Waals surface area contributed by atoms with E-state index in [4.69, 9.17) is 21.8 Å². The Hall–Kier alpha value is -4.41. The minimum Gasteiger partial charge on any atom is -0.472 e. The first-order valence-corrected chi connectivity index (χ1v) is 15.5. The molecule has 0 saturated carbocycles. The SMILES string of the molecule is [C-]#[N+]c1c(N)sc2c(F)ccc(-c3ccc4c(O[C@@H]5CCN(C(=O)C=C)C5)nc(OC[C@@]56CCCN5C[C@H](F)C6)nc4c3F)c12. The molecular formula is C32H29F3N6O3S. The van der Waals surface area contributed by atoms with Crippen LogP contribution in [-0.2, 0) is 4.79 Å². The molecule has 3 aliphatic heterocycles. The van der Waals surface area contributed by atoms with Crippen LogP contribution >= 0.6 is 11.3 Å². The van der Waals surface area contributed by atoms with E-state index in [1.165, 1.54) is 24.3 Å². The average Bonchev–Trinajstić information content (AvgIpc) is 3.79. The van der Waals surface area contributed by atoms with Gasteiger partial charge < -0.3 is 20.1 Å². The van der Waals surface area contributed by atoms with Gasteiger partial charge in [0.05, 0.1) is 33.7 Å². The lowest BCUT2D eigenvalue weighted by molar-refractivity contribution is -0.125. The molecular weight excluding hydrogens is 605 g/mol. The number of fused-ring (bicyclic) bond motifs is 3. The number of rotatable bonds is 7. The molecule has 9 nitrogen and oxygen atoms in total. The zero-order valence-electron chi connectivity index (χ0n) is 24.2. The van der Waals surface area contributed by atoms with Gasteiger partial charge in [-0.15, -0.1) is 11.3 Å². The molecule has 2 aromatic carbocycles. The summed E-state index contributed by atoms with van der Waals surface area (Å²) < 4.78 is 58.3. The van der Waals surface area contributed by atoms with E-state index in [1.807, 2.05) is 0 Å². The van der Waals surface area contributed by atoms with Crippen molar-refractivity contribution in [3.05, 3.63) is 60.0 Å². The largest absolute Gasteiger partial charge is 0.472 e. The number of nitrogens with two attached hydrogens (primary N) is 1. The van der Waals surface area contributed by atoms with Gasteiger partial charge in [-0.3, -0.25) is 9.69 Å². The van der Waals surface area contributed by atoms with Gasteiger partial charge in [-0.05, 0) is 43.2 Å². The maximum absolute atomic E-state index is 16.6. The summed E-state index contributed by atoms with van der Waals surface area (Å²) in [7, 11) is 0. The van der Waals surface area contributed by atoms with Crippen molar-refractivity contribution in [1.29, 1.82) is 0 Å². The first-order chi connectivity index (χ1) is 21.7. The number of nitrogen functional groups attached to an aromatic ring is 1. The zero-order valence-corrected chi connectivity index (χ0v) is 25.0. The lowest BCUT2D eigenvalue weighted by Crippen LogP contribution is -2.43. The number of amides is 1. The smallest absolute Gasteiger partial charge is 0.320 e. The van der Waals surface area contributed by atoms with E-state index >= 15 is 4.39 Å². The number of hydrogen-bond acceptors (Lipinski definition) is 8. The molecule has 13 heteroatoms. The fourth-order valence-corrected chi connectivity index (χ4v) is 7.88. The summed E-state index contributed by atoms with van der Waals surface area (Å²) in [6.07, 6.45) is 2.44. The molecule has 0 unspecified atom stereocenters. The first-order valence-electron chi connectivity index (χ1n) is 14.7. The van der Waals surface area contributed by atoms with Gasteiger partial charge >= 0.3 is 6.01 Å². The number of anilines is 1. The summed E-state index contributed by atoms with van der Waals surface area (Å²) in [5, 5.41) is 0.647. The monoisotopic (exact) mass is 634 g/mol. The van der Waals surface area contributed by atoms with Crippen molar-refractivity contribution in [2.24, 2.45) is 0 Å². The lowest BCUT2D eigenvalue weighted by Gasteiger charge is -2.30. The second kappa shape index (κ2) is 11.2. The highest BCUT2D eigenvalue weighted by atomic mass is 32.1. The fraction of sp³-hybridized carbons (Fsp3) is 0.375. The number of carbonyl (C=O) groups is 1. The molecule has 3 saturated heterocycles. The molecule has 3 aliphatic rings. The molecule has 5 heterocycles. The Kier molecular flexibility index (Phi) is 7.29. The second-order valence-corrected chi connectivity index (χ2v) is 12.8. The maximum atomic E-state index is 16.6. The average molecular weight is 635 g/mol. The standard InChI is InChI=1S/C32H29F3N6O3S/c1-3-23(42)40-12-9-18(15-40)44-30-21-6-5-20(19-7-8-22(34)28-24(19)27(37-2)29(36)45-28)25(35)26(21)38-31(39-30)43-16-32-10-4-11-41(32)14-17(33)13-32/h3,5-8,17-18H,1,4,9-16,36H2/t17-,18-,32+/m1/s1. The van der Waals surface area contributed by atoms with Gasteiger partial charge in [-0.25, -0.2) is 18.0 Å². The molecule has 7 rings (SSSR count). The predicted molar refractivity (Wildman–Crippen MR) is 165 cm³/mol. The summed E-state index contributed by atoms with van der Waals surface area (Å²) in [5.74, 6) is -1.42. The number of hydrogen-bond donors (Lipinski definition) is 1. The normalized spacial score (nSPS) is 23.0. The molecule has 2 aromatic heterocycles. The number of aromatic nitrogens is 2. The lowest BCUT2D eigenvalue weighted by atomic mass is 9.95. The zero-order chi connectivity index (χ0) is 31.5. The van der Waals surface area contributed by atoms with Crippen LogP contribution < -0.4 is 15.2 Å². The molecule has 3 fully saturated rings. The molecule has 1 amide bonds. The van der Waals surface area contributed by atoms with Crippen LogP contribution in [0.1, 0.15) is 25.7 Å². The van der Waals surface area contributed by atoms with E-state index in [1.54, 1.807) is 11.0 Å². The highest BCUT2D eigenvalue weighted by Crippen LogP contribution is 2.47. The van der Waals surface area contributed by atoms with Crippen LogP contribution in [0.25, 0.3) is 37.0 Å². The molecule has 0 aliphatic carbocycles. The van der Waals surface area contributed by atoms with Crippen molar-refractivity contribution < 1.29 is 27.4 Å².